The number of aromatic nitrogens is 1. The molecule has 1 heterocycles. The smallest absolute Gasteiger partial charge is 0.150 e. The van der Waals surface area contributed by atoms with Crippen molar-refractivity contribution in [2.45, 2.75) is 39.8 Å². The van der Waals surface area contributed by atoms with Gasteiger partial charge in [0.2, 0.25) is 0 Å². The first-order chi connectivity index (χ1) is 9.85. The Morgan fingerprint density at radius 1 is 1.19 bits per heavy atom. The molecule has 3 nitrogen and oxygen atoms in total. The number of benzene rings is 1. The van der Waals surface area contributed by atoms with Crippen LogP contribution in [0, 0.1) is 6.92 Å². The number of hydrogen-bond donors (Lipinski definition) is 1. The Balaban J connectivity index is 2.20. The van der Waals surface area contributed by atoms with E-state index in [0.717, 1.165) is 16.9 Å². The molecule has 1 N–H and O–H groups in total. The van der Waals surface area contributed by atoms with Crippen molar-refractivity contribution in [3.05, 3.63) is 52.8 Å². The van der Waals surface area contributed by atoms with E-state index in [1.54, 1.807) is 12.4 Å². The summed E-state index contributed by atoms with van der Waals surface area (Å²) in [6, 6.07) is 7.70. The van der Waals surface area contributed by atoms with Crippen LogP contribution in [0.25, 0.3) is 0 Å². The van der Waals surface area contributed by atoms with Crippen molar-refractivity contribution in [1.29, 1.82) is 0 Å². The van der Waals surface area contributed by atoms with Crippen LogP contribution in [0.4, 0.5) is 0 Å². The zero-order valence-electron chi connectivity index (χ0n) is 12.9. The standard InChI is InChI=1S/C17H21ClN2O/c1-12-5-6-15(14(18)9-12)21-16-11-19-8-7-13(16)10-20-17(2,3)4/h5-9,11,20H,10H2,1-4H3. The number of nitrogens with one attached hydrogen (secondary N) is 1. The summed E-state index contributed by atoms with van der Waals surface area (Å²) in [6.07, 6.45) is 3.49. The normalized spacial score (nSPS) is 11.5. The van der Waals surface area contributed by atoms with Crippen LogP contribution in [0.5, 0.6) is 11.5 Å². The molecule has 0 saturated heterocycles. The Hall–Kier alpha value is -1.58. The Bertz CT molecular complexity index is 620. The average Bonchev–Trinajstić information content (AvgIpc) is 2.40. The van der Waals surface area contributed by atoms with Gasteiger partial charge in [-0.3, -0.25) is 4.98 Å². The van der Waals surface area contributed by atoms with Crippen molar-refractivity contribution >= 4 is 11.6 Å². The highest BCUT2D eigenvalue weighted by molar-refractivity contribution is 6.32. The van der Waals surface area contributed by atoms with E-state index in [4.69, 9.17) is 16.3 Å². The number of hydrogen-bond acceptors (Lipinski definition) is 3. The van der Waals surface area contributed by atoms with E-state index in [1.807, 2.05) is 31.2 Å². The van der Waals surface area contributed by atoms with Gasteiger partial charge in [-0.15, -0.1) is 0 Å². The highest BCUT2D eigenvalue weighted by Crippen LogP contribution is 2.31. The van der Waals surface area contributed by atoms with E-state index in [0.29, 0.717) is 17.3 Å². The molecule has 0 spiro atoms. The first kappa shape index (κ1) is 15.8. The zero-order valence-corrected chi connectivity index (χ0v) is 13.7. The molecule has 0 bridgehead atoms. The summed E-state index contributed by atoms with van der Waals surface area (Å²) in [5.41, 5.74) is 2.20. The summed E-state index contributed by atoms with van der Waals surface area (Å²) in [4.78, 5) is 4.14. The van der Waals surface area contributed by atoms with Crippen LogP contribution >= 0.6 is 11.6 Å². The van der Waals surface area contributed by atoms with Crippen molar-refractivity contribution in [3.8, 4) is 11.5 Å². The Morgan fingerprint density at radius 2 is 1.95 bits per heavy atom. The topological polar surface area (TPSA) is 34.1 Å². The molecule has 1 aromatic heterocycles. The maximum absolute atomic E-state index is 6.22. The highest BCUT2D eigenvalue weighted by atomic mass is 35.5. The molecule has 2 rings (SSSR count). The molecule has 0 fully saturated rings. The Morgan fingerprint density at radius 3 is 2.62 bits per heavy atom. The number of halogens is 1. The molecule has 112 valence electrons. The molecular weight excluding hydrogens is 284 g/mol. The van der Waals surface area contributed by atoms with Crippen molar-refractivity contribution in [2.75, 3.05) is 0 Å². The molecule has 0 amide bonds. The summed E-state index contributed by atoms with van der Waals surface area (Å²) in [5.74, 6) is 1.37. The number of ether oxygens (including phenoxy) is 1. The van der Waals surface area contributed by atoms with Crippen LogP contribution in [-0.2, 0) is 6.54 Å². The predicted octanol–water partition coefficient (Wildman–Crippen LogP) is 4.72. The molecule has 0 aliphatic rings. The second-order valence-electron chi connectivity index (χ2n) is 6.12. The molecule has 0 radical (unpaired) electrons. The minimum atomic E-state index is 0.0437. The van der Waals surface area contributed by atoms with Gasteiger partial charge >= 0.3 is 0 Å². The van der Waals surface area contributed by atoms with Gasteiger partial charge in [0.15, 0.2) is 0 Å². The van der Waals surface area contributed by atoms with Crippen molar-refractivity contribution in [1.82, 2.24) is 10.3 Å². The molecule has 0 saturated carbocycles. The van der Waals surface area contributed by atoms with Gasteiger partial charge in [0.25, 0.3) is 0 Å². The molecule has 21 heavy (non-hydrogen) atoms. The molecule has 0 aliphatic heterocycles. The third-order valence-corrected chi connectivity index (χ3v) is 3.28. The lowest BCUT2D eigenvalue weighted by Crippen LogP contribution is -2.35. The van der Waals surface area contributed by atoms with Gasteiger partial charge in [-0.1, -0.05) is 17.7 Å². The van der Waals surface area contributed by atoms with E-state index in [9.17, 15) is 0 Å². The SMILES string of the molecule is Cc1ccc(Oc2cnccc2CNC(C)(C)C)c(Cl)c1. The first-order valence-electron chi connectivity index (χ1n) is 6.97. The summed E-state index contributed by atoms with van der Waals surface area (Å²) in [6.45, 7) is 9.10. The van der Waals surface area contributed by atoms with E-state index in [2.05, 4.69) is 31.1 Å². The van der Waals surface area contributed by atoms with Gasteiger partial charge in [0.05, 0.1) is 11.2 Å². The van der Waals surface area contributed by atoms with E-state index in [-0.39, 0.29) is 5.54 Å². The molecule has 0 aliphatic carbocycles. The van der Waals surface area contributed by atoms with Crippen LogP contribution in [0.15, 0.2) is 36.7 Å². The Kier molecular flexibility index (Phi) is 4.86. The van der Waals surface area contributed by atoms with E-state index in [1.165, 1.54) is 0 Å². The quantitative estimate of drug-likeness (QED) is 0.887. The van der Waals surface area contributed by atoms with Gasteiger partial charge < -0.3 is 10.1 Å². The predicted molar refractivity (Wildman–Crippen MR) is 87.1 cm³/mol. The van der Waals surface area contributed by atoms with Gasteiger partial charge in [-0.25, -0.2) is 0 Å². The largest absolute Gasteiger partial charge is 0.454 e. The fourth-order valence-electron chi connectivity index (χ4n) is 1.81. The minimum absolute atomic E-state index is 0.0437. The second-order valence-corrected chi connectivity index (χ2v) is 6.53. The minimum Gasteiger partial charge on any atom is -0.454 e. The van der Waals surface area contributed by atoms with Crippen molar-refractivity contribution < 1.29 is 4.74 Å². The molecule has 2 aromatic rings. The fourth-order valence-corrected chi connectivity index (χ4v) is 2.09. The Labute approximate surface area is 131 Å². The molecular formula is C17H21ClN2O. The number of aryl methyl sites for hydroxylation is 1. The third-order valence-electron chi connectivity index (χ3n) is 2.99. The van der Waals surface area contributed by atoms with E-state index < -0.39 is 0 Å². The van der Waals surface area contributed by atoms with Gasteiger partial charge in [0, 0.05) is 23.8 Å². The fraction of sp³-hybridized carbons (Fsp3) is 0.353. The summed E-state index contributed by atoms with van der Waals surface area (Å²) < 4.78 is 5.93. The van der Waals surface area contributed by atoms with Crippen molar-refractivity contribution in [2.24, 2.45) is 0 Å². The van der Waals surface area contributed by atoms with Crippen LogP contribution in [0.3, 0.4) is 0 Å². The summed E-state index contributed by atoms with van der Waals surface area (Å²) in [5, 5.41) is 4.05. The first-order valence-corrected chi connectivity index (χ1v) is 7.35. The van der Waals surface area contributed by atoms with Crippen LogP contribution in [0.1, 0.15) is 31.9 Å². The lowest BCUT2D eigenvalue weighted by molar-refractivity contribution is 0.413. The van der Waals surface area contributed by atoms with Crippen LogP contribution in [0.2, 0.25) is 5.02 Å². The van der Waals surface area contributed by atoms with E-state index >= 15 is 0 Å². The van der Waals surface area contributed by atoms with Crippen LogP contribution in [-0.4, -0.2) is 10.5 Å². The average molecular weight is 305 g/mol. The maximum atomic E-state index is 6.22. The maximum Gasteiger partial charge on any atom is 0.150 e. The lowest BCUT2D eigenvalue weighted by atomic mass is 10.1. The lowest BCUT2D eigenvalue weighted by Gasteiger charge is -2.21. The molecule has 1 aromatic carbocycles. The third kappa shape index (κ3) is 4.73. The molecule has 0 atom stereocenters. The summed E-state index contributed by atoms with van der Waals surface area (Å²) >= 11 is 6.22. The number of nitrogens with zero attached hydrogens (tertiary/aromatic N) is 1. The van der Waals surface area contributed by atoms with Gasteiger partial charge in [-0.05, 0) is 51.5 Å². The van der Waals surface area contributed by atoms with Crippen LogP contribution < -0.4 is 10.1 Å². The monoisotopic (exact) mass is 304 g/mol. The number of pyridine rings is 1. The van der Waals surface area contributed by atoms with Crippen molar-refractivity contribution in [3.63, 3.8) is 0 Å². The molecule has 0 unspecified atom stereocenters. The van der Waals surface area contributed by atoms with Gasteiger partial charge in [0.1, 0.15) is 11.5 Å². The second kappa shape index (κ2) is 6.46. The zero-order chi connectivity index (χ0) is 15.5. The number of rotatable bonds is 4. The summed E-state index contributed by atoms with van der Waals surface area (Å²) in [7, 11) is 0. The highest BCUT2D eigenvalue weighted by Gasteiger charge is 2.12. The van der Waals surface area contributed by atoms with Gasteiger partial charge in [-0.2, -0.15) is 0 Å². The molecule has 4 heteroatoms.